The van der Waals surface area contributed by atoms with Crippen LogP contribution in [-0.2, 0) is 4.79 Å². The van der Waals surface area contributed by atoms with Crippen LogP contribution in [-0.4, -0.2) is 69.7 Å². The number of nitrogens with one attached hydrogen (secondary N) is 3. The molecule has 3 rings (SSSR count). The van der Waals surface area contributed by atoms with E-state index in [0.717, 1.165) is 22.6 Å². The zero-order valence-corrected chi connectivity index (χ0v) is 17.3. The third kappa shape index (κ3) is 4.81. The van der Waals surface area contributed by atoms with E-state index >= 15 is 0 Å². The van der Waals surface area contributed by atoms with Gasteiger partial charge in [0.05, 0.1) is 6.17 Å². The Bertz CT molecular complexity index is 1030. The fourth-order valence-electron chi connectivity index (χ4n) is 2.66. The molecule has 2 atom stereocenters. The van der Waals surface area contributed by atoms with Gasteiger partial charge in [-0.3, -0.25) is 19.8 Å². The number of nitrogens with zero attached hydrogens (tertiary/aromatic N) is 5. The van der Waals surface area contributed by atoms with Crippen molar-refractivity contribution >= 4 is 52.3 Å². The van der Waals surface area contributed by atoms with Crippen molar-refractivity contribution in [3.8, 4) is 0 Å². The maximum absolute atomic E-state index is 12.4. The van der Waals surface area contributed by atoms with Gasteiger partial charge in [0.15, 0.2) is 10.7 Å². The van der Waals surface area contributed by atoms with Crippen molar-refractivity contribution < 1.29 is 19.2 Å². The Kier molecular flexibility index (Phi) is 6.52. The number of imide groups is 1. The molecule has 2 unspecified atom stereocenters. The van der Waals surface area contributed by atoms with E-state index < -0.39 is 36.0 Å². The second-order valence-corrected chi connectivity index (χ2v) is 7.18. The molecule has 1 saturated heterocycles. The number of hydrazone groups is 1. The van der Waals surface area contributed by atoms with Crippen molar-refractivity contribution in [3.63, 3.8) is 0 Å². The number of carbonyl (C=O) groups excluding carboxylic acids is 4. The number of para-hydroxylation sites is 1. The molecule has 0 spiro atoms. The quantitative estimate of drug-likeness (QED) is 0.378. The van der Waals surface area contributed by atoms with Crippen molar-refractivity contribution in [2.75, 3.05) is 24.7 Å². The van der Waals surface area contributed by atoms with E-state index in [-0.39, 0.29) is 10.7 Å². The highest BCUT2D eigenvalue weighted by Gasteiger charge is 2.40. The highest BCUT2D eigenvalue weighted by Crippen LogP contribution is 2.19. The summed E-state index contributed by atoms with van der Waals surface area (Å²) in [4.78, 5) is 50.7. The summed E-state index contributed by atoms with van der Waals surface area (Å²) in [5.74, 6) is -2.26. The highest BCUT2D eigenvalue weighted by atomic mass is 32.1. The summed E-state index contributed by atoms with van der Waals surface area (Å²) in [7, 11) is 2.78. The number of anilines is 2. The molecule has 5 N–H and O–H groups in total. The smallest absolute Gasteiger partial charge is 0.311 e. The van der Waals surface area contributed by atoms with Gasteiger partial charge in [-0.05, 0) is 12.1 Å². The molecule has 1 aliphatic rings. The third-order valence-electron chi connectivity index (χ3n) is 4.38. The molecule has 162 valence electrons. The number of rotatable bonds is 5. The van der Waals surface area contributed by atoms with Gasteiger partial charge in [0.25, 0.3) is 5.91 Å². The molecule has 31 heavy (non-hydrogen) atoms. The summed E-state index contributed by atoms with van der Waals surface area (Å²) in [5, 5.41) is 12.7. The van der Waals surface area contributed by atoms with Crippen molar-refractivity contribution in [1.82, 2.24) is 24.8 Å². The minimum atomic E-state index is -0.948. The molecule has 6 amide bonds. The number of urea groups is 2. The van der Waals surface area contributed by atoms with Gasteiger partial charge >= 0.3 is 12.1 Å². The molecular weight excluding hydrogens is 426 g/mol. The normalized spacial score (nSPS) is 18.9. The van der Waals surface area contributed by atoms with Gasteiger partial charge in [0, 0.05) is 37.5 Å². The molecule has 2 aromatic rings. The van der Waals surface area contributed by atoms with Crippen LogP contribution >= 0.6 is 11.5 Å². The predicted octanol–water partition coefficient (Wildman–Crippen LogP) is 0.323. The van der Waals surface area contributed by atoms with Crippen molar-refractivity contribution in [2.24, 2.45) is 16.8 Å². The monoisotopic (exact) mass is 445 g/mol. The molecule has 0 saturated carbocycles. The first-order valence-electron chi connectivity index (χ1n) is 8.88. The molecule has 13 nitrogen and oxygen atoms in total. The number of nitrogens with two attached hydrogens (primary N) is 1. The molecule has 1 fully saturated rings. The lowest BCUT2D eigenvalue weighted by Gasteiger charge is -2.38. The van der Waals surface area contributed by atoms with Gasteiger partial charge in [0.1, 0.15) is 5.92 Å². The first-order chi connectivity index (χ1) is 14.8. The molecule has 1 aromatic carbocycles. The van der Waals surface area contributed by atoms with Gasteiger partial charge < -0.3 is 16.0 Å². The van der Waals surface area contributed by atoms with Crippen LogP contribution in [0.5, 0.6) is 0 Å². The fourth-order valence-corrected chi connectivity index (χ4v) is 3.22. The van der Waals surface area contributed by atoms with E-state index in [1.165, 1.54) is 19.0 Å². The maximum atomic E-state index is 12.4. The lowest BCUT2D eigenvalue weighted by atomic mass is 10.0. The van der Waals surface area contributed by atoms with E-state index in [2.05, 4.69) is 30.7 Å². The van der Waals surface area contributed by atoms with Gasteiger partial charge in [-0.25, -0.2) is 15.0 Å². The van der Waals surface area contributed by atoms with Crippen LogP contribution in [0.4, 0.5) is 20.3 Å². The standard InChI is InChI=1S/C17H19N9O4S/c1-25-12(18)10(15(28)26(2)17(25)30)8-19-23-13(27)11-14(31-24-22-11)21-16(29)20-9-6-4-3-5-7-9/h3-8,10,12H,18H2,1-2H3,(H,23,27)(H2,20,21,29)/b19-8+. The first kappa shape index (κ1) is 21.8. The van der Waals surface area contributed by atoms with E-state index in [0.29, 0.717) is 5.69 Å². The molecule has 0 bridgehead atoms. The van der Waals surface area contributed by atoms with Gasteiger partial charge in [-0.2, -0.15) is 5.10 Å². The highest BCUT2D eigenvalue weighted by molar-refractivity contribution is 7.10. The number of amides is 6. The second kappa shape index (κ2) is 9.27. The fraction of sp³-hybridized carbons (Fsp3) is 0.235. The van der Waals surface area contributed by atoms with Crippen molar-refractivity contribution in [1.29, 1.82) is 0 Å². The SMILES string of the molecule is CN1C(=O)C(/C=N/NC(=O)c2nnsc2NC(=O)Nc2ccccc2)C(N)N(C)C1=O. The molecule has 0 radical (unpaired) electrons. The molecular formula is C17H19N9O4S. The average molecular weight is 445 g/mol. The van der Waals surface area contributed by atoms with Crippen LogP contribution in [0.15, 0.2) is 35.4 Å². The van der Waals surface area contributed by atoms with Crippen LogP contribution < -0.4 is 21.8 Å². The van der Waals surface area contributed by atoms with Crippen LogP contribution in [0.25, 0.3) is 0 Å². The summed E-state index contributed by atoms with van der Waals surface area (Å²) < 4.78 is 3.67. The van der Waals surface area contributed by atoms with E-state index in [1.807, 2.05) is 0 Å². The molecule has 1 aliphatic heterocycles. The summed E-state index contributed by atoms with van der Waals surface area (Å²) in [5.41, 5.74) is 8.52. The van der Waals surface area contributed by atoms with Crippen LogP contribution in [0.1, 0.15) is 10.5 Å². The number of benzene rings is 1. The molecule has 0 aliphatic carbocycles. The van der Waals surface area contributed by atoms with Crippen molar-refractivity contribution in [3.05, 3.63) is 36.0 Å². The van der Waals surface area contributed by atoms with Crippen LogP contribution in [0.3, 0.4) is 0 Å². The van der Waals surface area contributed by atoms with Crippen LogP contribution in [0.2, 0.25) is 0 Å². The van der Waals surface area contributed by atoms with Gasteiger partial charge in [-0.15, -0.1) is 5.10 Å². The zero-order chi connectivity index (χ0) is 22.5. The summed E-state index contributed by atoms with van der Waals surface area (Å²) in [6, 6.07) is 7.61. The number of hydrogen-bond donors (Lipinski definition) is 4. The topological polar surface area (TPSA) is 175 Å². The Morgan fingerprint density at radius 2 is 1.90 bits per heavy atom. The van der Waals surface area contributed by atoms with Gasteiger partial charge in [-0.1, -0.05) is 22.7 Å². The first-order valence-corrected chi connectivity index (χ1v) is 9.65. The number of hydrogen-bond acceptors (Lipinski definition) is 9. The predicted molar refractivity (Wildman–Crippen MR) is 112 cm³/mol. The molecule has 1 aromatic heterocycles. The second-order valence-electron chi connectivity index (χ2n) is 6.42. The maximum Gasteiger partial charge on any atom is 0.327 e. The minimum Gasteiger partial charge on any atom is -0.311 e. The molecule has 2 heterocycles. The summed E-state index contributed by atoms with van der Waals surface area (Å²) in [6.07, 6.45) is 0.205. The Hall–Kier alpha value is -3.91. The zero-order valence-electron chi connectivity index (χ0n) is 16.5. The van der Waals surface area contributed by atoms with E-state index in [9.17, 15) is 19.2 Å². The summed E-state index contributed by atoms with van der Waals surface area (Å²) >= 11 is 0.809. The Morgan fingerprint density at radius 1 is 1.19 bits per heavy atom. The number of aromatic nitrogens is 2. The Labute approximate surface area is 180 Å². The van der Waals surface area contributed by atoms with E-state index in [4.69, 9.17) is 5.73 Å². The van der Waals surface area contributed by atoms with E-state index in [1.54, 1.807) is 30.3 Å². The summed E-state index contributed by atoms with van der Waals surface area (Å²) in [6.45, 7) is 0. The van der Waals surface area contributed by atoms with Gasteiger partial charge in [0.2, 0.25) is 5.91 Å². The number of carbonyl (C=O) groups is 4. The third-order valence-corrected chi connectivity index (χ3v) is 5.02. The lowest BCUT2D eigenvalue weighted by Crippen LogP contribution is -2.62. The average Bonchev–Trinajstić information content (AvgIpc) is 3.22. The van der Waals surface area contributed by atoms with Crippen molar-refractivity contribution in [2.45, 2.75) is 6.17 Å². The minimum absolute atomic E-state index is 0.108. The Morgan fingerprint density at radius 3 is 2.61 bits per heavy atom. The Balaban J connectivity index is 1.61. The van der Waals surface area contributed by atoms with Crippen LogP contribution in [0, 0.1) is 5.92 Å². The lowest BCUT2D eigenvalue weighted by molar-refractivity contribution is -0.133. The largest absolute Gasteiger partial charge is 0.327 e. The molecule has 14 heteroatoms.